The van der Waals surface area contributed by atoms with Crippen molar-refractivity contribution in [3.05, 3.63) is 63.9 Å². The summed E-state index contributed by atoms with van der Waals surface area (Å²) < 4.78 is 29.5. The Hall–Kier alpha value is -1.61. The predicted octanol–water partition coefficient (Wildman–Crippen LogP) is 2.43. The third-order valence-corrected chi connectivity index (χ3v) is 4.22. The van der Waals surface area contributed by atoms with Gasteiger partial charge in [0.25, 0.3) is 0 Å². The number of rotatable bonds is 6. The number of hydrogen-bond acceptors (Lipinski definition) is 5. The van der Waals surface area contributed by atoms with E-state index < -0.39 is 17.2 Å². The molecular weight excluding hydrogens is 384 g/mol. The minimum Gasteiger partial charge on any atom is -0.760 e. The second kappa shape index (κ2) is 8.30. The third kappa shape index (κ3) is 5.21. The second-order valence-electron chi connectivity index (χ2n) is 4.67. The minimum atomic E-state index is -2.39. The van der Waals surface area contributed by atoms with E-state index in [1.807, 2.05) is 0 Å². The molecule has 1 unspecified atom stereocenters. The zero-order chi connectivity index (χ0) is 16.8. The van der Waals surface area contributed by atoms with Crippen LogP contribution in [0.5, 0.6) is 0 Å². The number of ether oxygens (including phenoxy) is 1. The molecule has 1 aromatic heterocycles. The average molecular weight is 398 g/mol. The largest absolute Gasteiger partial charge is 0.760 e. The molecule has 8 heteroatoms. The second-order valence-corrected chi connectivity index (χ2v) is 6.54. The zero-order valence-electron chi connectivity index (χ0n) is 12.3. The summed E-state index contributed by atoms with van der Waals surface area (Å²) >= 11 is 0.898. The lowest BCUT2D eigenvalue weighted by atomic mass is 10.1. The van der Waals surface area contributed by atoms with Crippen molar-refractivity contribution in [2.75, 3.05) is 7.11 Å². The van der Waals surface area contributed by atoms with Crippen LogP contribution in [0, 0.1) is 0 Å². The summed E-state index contributed by atoms with van der Waals surface area (Å²) in [6, 6.07) is 10.2. The molecule has 23 heavy (non-hydrogen) atoms. The van der Waals surface area contributed by atoms with Gasteiger partial charge in [-0.05, 0) is 45.8 Å². The Morgan fingerprint density at radius 2 is 1.96 bits per heavy atom. The summed E-state index contributed by atoms with van der Waals surface area (Å²) in [6.07, 6.45) is 1.62. The first-order chi connectivity index (χ1) is 11.0. The normalized spacial score (nSPS) is 12.2. The Morgan fingerprint density at radius 3 is 2.48 bits per heavy atom. The molecule has 0 aliphatic carbocycles. The number of carbonyl (C=O) groups excluding carboxylic acids is 1. The number of nitrogens with zero attached hydrogens (tertiary/aromatic N) is 2. The Bertz CT molecular complexity index is 692. The van der Waals surface area contributed by atoms with Crippen LogP contribution in [0.25, 0.3) is 0 Å². The van der Waals surface area contributed by atoms with Crippen LogP contribution in [0.4, 0.5) is 0 Å². The van der Waals surface area contributed by atoms with Crippen LogP contribution in [0.2, 0.25) is 0 Å². The monoisotopic (exact) mass is 397 g/mol. The maximum atomic E-state index is 11.4. The molecule has 0 fully saturated rings. The van der Waals surface area contributed by atoms with Gasteiger partial charge in [0.15, 0.2) is 0 Å². The quantitative estimate of drug-likeness (QED) is 0.552. The first-order valence-electron chi connectivity index (χ1n) is 6.61. The van der Waals surface area contributed by atoms with Crippen molar-refractivity contribution in [3.63, 3.8) is 0 Å². The van der Waals surface area contributed by atoms with E-state index >= 15 is 0 Å². The molecule has 6 nitrogen and oxygen atoms in total. The van der Waals surface area contributed by atoms with Crippen molar-refractivity contribution in [2.24, 2.45) is 0 Å². The molecule has 1 aromatic carbocycles. The summed E-state index contributed by atoms with van der Waals surface area (Å²) in [5.41, 5.74) is 1.82. The van der Waals surface area contributed by atoms with Gasteiger partial charge >= 0.3 is 5.97 Å². The first-order valence-corrected chi connectivity index (χ1v) is 8.44. The van der Waals surface area contributed by atoms with E-state index in [0.29, 0.717) is 11.3 Å². The van der Waals surface area contributed by atoms with Crippen LogP contribution < -0.4 is 0 Å². The minimum absolute atomic E-state index is 0.169. The fourth-order valence-electron chi connectivity index (χ4n) is 1.91. The van der Waals surface area contributed by atoms with Gasteiger partial charge in [0, 0.05) is 28.5 Å². The molecule has 0 N–H and O–H groups in total. The van der Waals surface area contributed by atoms with Gasteiger partial charge in [0.1, 0.15) is 0 Å². The third-order valence-electron chi connectivity index (χ3n) is 3.07. The lowest BCUT2D eigenvalue weighted by Gasteiger charge is -2.24. The molecule has 0 saturated heterocycles. The van der Waals surface area contributed by atoms with Crippen molar-refractivity contribution in [3.8, 4) is 0 Å². The van der Waals surface area contributed by atoms with Gasteiger partial charge in [0.2, 0.25) is 0 Å². The molecule has 1 heterocycles. The maximum Gasteiger partial charge on any atom is 0.337 e. The van der Waals surface area contributed by atoms with Crippen LogP contribution in [-0.2, 0) is 29.1 Å². The number of aromatic nitrogens is 1. The Balaban J connectivity index is 2.08. The van der Waals surface area contributed by atoms with Crippen molar-refractivity contribution in [1.29, 1.82) is 0 Å². The first kappa shape index (κ1) is 17.7. The maximum absolute atomic E-state index is 11.4. The molecule has 0 bridgehead atoms. The van der Waals surface area contributed by atoms with Crippen LogP contribution in [-0.4, -0.2) is 31.1 Å². The van der Waals surface area contributed by atoms with E-state index in [9.17, 15) is 13.6 Å². The molecule has 122 valence electrons. The van der Waals surface area contributed by atoms with E-state index in [1.54, 1.807) is 42.6 Å². The zero-order valence-corrected chi connectivity index (χ0v) is 14.7. The van der Waals surface area contributed by atoms with Crippen LogP contribution in [0.3, 0.4) is 0 Å². The number of benzene rings is 1. The Morgan fingerprint density at radius 1 is 1.26 bits per heavy atom. The van der Waals surface area contributed by atoms with Crippen LogP contribution in [0.1, 0.15) is 21.6 Å². The topological polar surface area (TPSA) is 82.6 Å². The number of carbonyl (C=O) groups is 1. The number of methoxy groups -OCH3 is 1. The molecule has 2 rings (SSSR count). The average Bonchev–Trinajstić information content (AvgIpc) is 2.56. The lowest BCUT2D eigenvalue weighted by Crippen LogP contribution is -2.25. The number of esters is 1. The van der Waals surface area contributed by atoms with Crippen LogP contribution >= 0.6 is 15.9 Å². The van der Waals surface area contributed by atoms with E-state index in [0.717, 1.165) is 10.0 Å². The summed E-state index contributed by atoms with van der Waals surface area (Å²) in [5.74, 6) is -0.431. The van der Waals surface area contributed by atoms with Crippen molar-refractivity contribution < 1.29 is 18.3 Å². The number of hydrogen-bond donors (Lipinski definition) is 0. The van der Waals surface area contributed by atoms with Crippen molar-refractivity contribution in [2.45, 2.75) is 13.1 Å². The van der Waals surface area contributed by atoms with Gasteiger partial charge in [-0.2, -0.15) is 0 Å². The van der Waals surface area contributed by atoms with Gasteiger partial charge < -0.3 is 9.29 Å². The van der Waals surface area contributed by atoms with E-state index in [2.05, 4.69) is 25.7 Å². The standard InChI is InChI=1S/C15H15BrN2O4S/c1-22-15(19)12-4-2-11(3-5-12)9-18(23(20)21)10-14-7-6-13(16)8-17-14/h2-8H,9-10H2,1H3,(H,20,21)/p-1. The van der Waals surface area contributed by atoms with Gasteiger partial charge in [-0.1, -0.05) is 12.1 Å². The molecule has 0 saturated carbocycles. The van der Waals surface area contributed by atoms with Crippen molar-refractivity contribution in [1.82, 2.24) is 9.29 Å². The number of halogens is 1. The highest BCUT2D eigenvalue weighted by molar-refractivity contribution is 9.10. The molecule has 0 aliphatic heterocycles. The highest BCUT2D eigenvalue weighted by Crippen LogP contribution is 2.14. The molecule has 0 amide bonds. The molecule has 0 spiro atoms. The fourth-order valence-corrected chi connectivity index (χ4v) is 2.64. The molecule has 0 aliphatic rings. The van der Waals surface area contributed by atoms with Crippen molar-refractivity contribution >= 4 is 33.2 Å². The number of pyridine rings is 1. The molecule has 0 radical (unpaired) electrons. The lowest BCUT2D eigenvalue weighted by molar-refractivity contribution is 0.0600. The van der Waals surface area contributed by atoms with Gasteiger partial charge in [-0.3, -0.25) is 9.19 Å². The van der Waals surface area contributed by atoms with E-state index in [1.165, 1.54) is 11.4 Å². The van der Waals surface area contributed by atoms with Crippen LogP contribution in [0.15, 0.2) is 47.1 Å². The molecular formula is C15H14BrN2O4S-. The predicted molar refractivity (Wildman–Crippen MR) is 87.9 cm³/mol. The van der Waals surface area contributed by atoms with Gasteiger partial charge in [0.05, 0.1) is 24.9 Å². The Kier molecular flexibility index (Phi) is 6.40. The fraction of sp³-hybridized carbons (Fsp3) is 0.200. The highest BCUT2D eigenvalue weighted by atomic mass is 79.9. The summed E-state index contributed by atoms with van der Waals surface area (Å²) in [6.45, 7) is 0.359. The SMILES string of the molecule is COC(=O)c1ccc(CN(Cc2ccc(Br)cn2)S(=O)[O-])cc1. The van der Waals surface area contributed by atoms with E-state index in [4.69, 9.17) is 0 Å². The Labute approximate surface area is 145 Å². The molecule has 2 aromatic rings. The van der Waals surface area contributed by atoms with Gasteiger partial charge in [-0.15, -0.1) is 0 Å². The summed E-state index contributed by atoms with van der Waals surface area (Å²) in [4.78, 5) is 15.5. The molecule has 1 atom stereocenters. The summed E-state index contributed by atoms with van der Waals surface area (Å²) in [5, 5.41) is 0. The van der Waals surface area contributed by atoms with Gasteiger partial charge in [-0.25, -0.2) is 9.10 Å². The summed E-state index contributed by atoms with van der Waals surface area (Å²) in [7, 11) is 1.31. The van der Waals surface area contributed by atoms with E-state index in [-0.39, 0.29) is 13.1 Å². The smallest absolute Gasteiger partial charge is 0.337 e. The highest BCUT2D eigenvalue weighted by Gasteiger charge is 2.10.